The first-order valence-corrected chi connectivity index (χ1v) is 12.3. The first-order valence-electron chi connectivity index (χ1n) is 10.7. The second kappa shape index (κ2) is 11.9. The van der Waals surface area contributed by atoms with Gasteiger partial charge in [0.1, 0.15) is 23.9 Å². The van der Waals surface area contributed by atoms with Gasteiger partial charge in [-0.05, 0) is 68.7 Å². The van der Waals surface area contributed by atoms with Gasteiger partial charge in [0.05, 0.1) is 17.8 Å². The zero-order chi connectivity index (χ0) is 24.6. The minimum absolute atomic E-state index is 0.182. The number of hydrazone groups is 1. The first kappa shape index (κ1) is 24.8. The van der Waals surface area contributed by atoms with Crippen LogP contribution in [-0.2, 0) is 11.4 Å². The van der Waals surface area contributed by atoms with Gasteiger partial charge in [-0.15, -0.1) is 0 Å². The number of nitrogens with one attached hydrogen (secondary N) is 1. The fourth-order valence-electron chi connectivity index (χ4n) is 3.35. The lowest BCUT2D eigenvalue weighted by Crippen LogP contribution is -2.24. The summed E-state index contributed by atoms with van der Waals surface area (Å²) in [4.78, 5) is 12.3. The standard InChI is InChI=1S/C27H22Br2N2O4/c1-33-22-10-12-24(34-16-18-5-4-7-21(28)13-18)20(14-22)15-30-31-26(32)17-35-25-11-9-19-6-2-3-8-23(19)27(25)29/h2-15H,16-17H2,1H3,(H,31,32)/b30-15+. The van der Waals surface area contributed by atoms with E-state index in [0.29, 0.717) is 29.4 Å². The van der Waals surface area contributed by atoms with E-state index >= 15 is 0 Å². The Bertz CT molecular complexity index is 1370. The second-order valence-corrected chi connectivity index (χ2v) is 9.21. The summed E-state index contributed by atoms with van der Waals surface area (Å²) in [5.41, 5.74) is 4.17. The average Bonchev–Trinajstić information content (AvgIpc) is 2.87. The van der Waals surface area contributed by atoms with Crippen LogP contribution in [0.4, 0.5) is 0 Å². The van der Waals surface area contributed by atoms with E-state index in [9.17, 15) is 4.79 Å². The minimum atomic E-state index is -0.388. The number of methoxy groups -OCH3 is 1. The van der Waals surface area contributed by atoms with E-state index in [0.717, 1.165) is 25.3 Å². The molecule has 0 heterocycles. The third-order valence-corrected chi connectivity index (χ3v) is 6.39. The molecule has 0 aliphatic carbocycles. The molecule has 4 rings (SSSR count). The predicted octanol–water partition coefficient (Wildman–Crippen LogP) is 6.48. The first-order chi connectivity index (χ1) is 17.0. The van der Waals surface area contributed by atoms with Gasteiger partial charge in [-0.1, -0.05) is 58.4 Å². The highest BCUT2D eigenvalue weighted by Crippen LogP contribution is 2.33. The fourth-order valence-corrected chi connectivity index (χ4v) is 4.40. The number of hydrogen-bond acceptors (Lipinski definition) is 5. The maximum atomic E-state index is 12.3. The quantitative estimate of drug-likeness (QED) is 0.177. The number of carbonyl (C=O) groups is 1. The van der Waals surface area contributed by atoms with Gasteiger partial charge in [-0.3, -0.25) is 4.79 Å². The summed E-state index contributed by atoms with van der Waals surface area (Å²) in [7, 11) is 1.59. The van der Waals surface area contributed by atoms with Crippen LogP contribution in [0.25, 0.3) is 10.8 Å². The van der Waals surface area contributed by atoms with Crippen LogP contribution in [0.5, 0.6) is 17.2 Å². The highest BCUT2D eigenvalue weighted by atomic mass is 79.9. The fraction of sp³-hybridized carbons (Fsp3) is 0.111. The van der Waals surface area contributed by atoms with Gasteiger partial charge in [0, 0.05) is 10.0 Å². The molecule has 0 atom stereocenters. The minimum Gasteiger partial charge on any atom is -0.497 e. The van der Waals surface area contributed by atoms with Crippen LogP contribution in [0.15, 0.2) is 92.9 Å². The number of hydrogen-bond donors (Lipinski definition) is 1. The number of rotatable bonds is 9. The smallest absolute Gasteiger partial charge is 0.277 e. The molecule has 0 saturated heterocycles. The maximum Gasteiger partial charge on any atom is 0.277 e. The molecular weight excluding hydrogens is 576 g/mol. The Morgan fingerprint density at radius 3 is 2.60 bits per heavy atom. The highest BCUT2D eigenvalue weighted by Gasteiger charge is 2.09. The average molecular weight is 598 g/mol. The molecular formula is C27H22Br2N2O4. The highest BCUT2D eigenvalue weighted by molar-refractivity contribution is 9.11. The van der Waals surface area contributed by atoms with Crippen molar-refractivity contribution in [2.75, 3.05) is 13.7 Å². The van der Waals surface area contributed by atoms with Crippen LogP contribution in [0.2, 0.25) is 0 Å². The third-order valence-electron chi connectivity index (χ3n) is 5.08. The summed E-state index contributed by atoms with van der Waals surface area (Å²) >= 11 is 7.02. The van der Waals surface area contributed by atoms with Crippen molar-refractivity contribution < 1.29 is 19.0 Å². The van der Waals surface area contributed by atoms with E-state index in [1.165, 1.54) is 6.21 Å². The third kappa shape index (κ3) is 6.61. The van der Waals surface area contributed by atoms with Crippen molar-refractivity contribution in [1.82, 2.24) is 5.43 Å². The number of halogens is 2. The normalized spacial score (nSPS) is 10.9. The molecule has 0 unspecified atom stereocenters. The van der Waals surface area contributed by atoms with Crippen molar-refractivity contribution in [1.29, 1.82) is 0 Å². The van der Waals surface area contributed by atoms with Crippen LogP contribution in [0.3, 0.4) is 0 Å². The monoisotopic (exact) mass is 596 g/mol. The van der Waals surface area contributed by atoms with Crippen LogP contribution in [0, 0.1) is 0 Å². The summed E-state index contributed by atoms with van der Waals surface area (Å²) in [6, 6.07) is 25.0. The molecule has 0 spiro atoms. The SMILES string of the molecule is COc1ccc(OCc2cccc(Br)c2)c(/C=N/NC(=O)COc2ccc3ccccc3c2Br)c1. The molecule has 0 radical (unpaired) electrons. The zero-order valence-electron chi connectivity index (χ0n) is 18.8. The number of carbonyl (C=O) groups excluding carboxylic acids is 1. The molecule has 6 nitrogen and oxygen atoms in total. The maximum absolute atomic E-state index is 12.3. The molecule has 0 aliphatic heterocycles. The Balaban J connectivity index is 1.38. The number of ether oxygens (including phenoxy) is 3. The number of amides is 1. The van der Waals surface area contributed by atoms with Gasteiger partial charge < -0.3 is 14.2 Å². The summed E-state index contributed by atoms with van der Waals surface area (Å²) in [6.07, 6.45) is 1.52. The van der Waals surface area contributed by atoms with Gasteiger partial charge in [0.25, 0.3) is 5.91 Å². The van der Waals surface area contributed by atoms with Gasteiger partial charge in [0.2, 0.25) is 0 Å². The van der Waals surface area contributed by atoms with Gasteiger partial charge in [0.15, 0.2) is 6.61 Å². The van der Waals surface area contributed by atoms with E-state index in [1.807, 2.05) is 60.7 Å². The number of fused-ring (bicyclic) bond motifs is 1. The summed E-state index contributed by atoms with van der Waals surface area (Å²) in [5, 5.41) is 6.16. The van der Waals surface area contributed by atoms with E-state index in [1.54, 1.807) is 25.3 Å². The summed E-state index contributed by atoms with van der Waals surface area (Å²) in [5.74, 6) is 1.46. The molecule has 0 aliphatic rings. The molecule has 1 amide bonds. The van der Waals surface area contributed by atoms with E-state index < -0.39 is 0 Å². The lowest BCUT2D eigenvalue weighted by molar-refractivity contribution is -0.123. The molecule has 0 bridgehead atoms. The molecule has 8 heteroatoms. The molecule has 35 heavy (non-hydrogen) atoms. The van der Waals surface area contributed by atoms with Crippen molar-refractivity contribution in [3.05, 3.63) is 98.9 Å². The predicted molar refractivity (Wildman–Crippen MR) is 144 cm³/mol. The Morgan fingerprint density at radius 1 is 0.943 bits per heavy atom. The summed E-state index contributed by atoms with van der Waals surface area (Å²) < 4.78 is 18.8. The van der Waals surface area contributed by atoms with Crippen LogP contribution >= 0.6 is 31.9 Å². The molecule has 1 N–H and O–H groups in total. The molecule has 0 aromatic heterocycles. The van der Waals surface area contributed by atoms with Gasteiger partial charge in [-0.2, -0.15) is 5.10 Å². The molecule has 0 saturated carbocycles. The number of benzene rings is 4. The second-order valence-electron chi connectivity index (χ2n) is 7.50. The van der Waals surface area contributed by atoms with Crippen molar-refractivity contribution in [3.63, 3.8) is 0 Å². The topological polar surface area (TPSA) is 69.2 Å². The van der Waals surface area contributed by atoms with Crippen LogP contribution < -0.4 is 19.6 Å². The van der Waals surface area contributed by atoms with Crippen molar-refractivity contribution in [2.24, 2.45) is 5.10 Å². The summed E-state index contributed by atoms with van der Waals surface area (Å²) in [6.45, 7) is 0.200. The molecule has 4 aromatic carbocycles. The molecule has 178 valence electrons. The Hall–Kier alpha value is -3.36. The van der Waals surface area contributed by atoms with Crippen molar-refractivity contribution >= 4 is 54.8 Å². The van der Waals surface area contributed by atoms with Crippen molar-refractivity contribution in [3.8, 4) is 17.2 Å². The van der Waals surface area contributed by atoms with Gasteiger partial charge in [-0.25, -0.2) is 5.43 Å². The van der Waals surface area contributed by atoms with Gasteiger partial charge >= 0.3 is 0 Å². The van der Waals surface area contributed by atoms with E-state index in [4.69, 9.17) is 14.2 Å². The van der Waals surface area contributed by atoms with Crippen molar-refractivity contribution in [2.45, 2.75) is 6.61 Å². The zero-order valence-corrected chi connectivity index (χ0v) is 22.0. The lowest BCUT2D eigenvalue weighted by Gasteiger charge is -2.11. The largest absolute Gasteiger partial charge is 0.497 e. The molecule has 4 aromatic rings. The van der Waals surface area contributed by atoms with Crippen LogP contribution in [0.1, 0.15) is 11.1 Å². The van der Waals surface area contributed by atoms with Crippen LogP contribution in [-0.4, -0.2) is 25.8 Å². The van der Waals surface area contributed by atoms with E-state index in [-0.39, 0.29) is 12.5 Å². The molecule has 0 fully saturated rings. The lowest BCUT2D eigenvalue weighted by atomic mass is 10.1. The number of nitrogens with zero attached hydrogens (tertiary/aromatic N) is 1. The Kier molecular flexibility index (Phi) is 8.39. The Labute approximate surface area is 220 Å². The Morgan fingerprint density at radius 2 is 1.77 bits per heavy atom. The van der Waals surface area contributed by atoms with E-state index in [2.05, 4.69) is 42.4 Å².